The third-order valence-corrected chi connectivity index (χ3v) is 3.92. The van der Waals surface area contributed by atoms with E-state index in [2.05, 4.69) is 17.4 Å². The molecule has 0 amide bonds. The molecular formula is C14H18ClNO. The van der Waals surface area contributed by atoms with Gasteiger partial charge in [0.05, 0.1) is 6.61 Å². The lowest BCUT2D eigenvalue weighted by atomic mass is 10.0. The smallest absolute Gasteiger partial charge is 0.0620 e. The number of hydrogen-bond acceptors (Lipinski definition) is 2. The van der Waals surface area contributed by atoms with E-state index < -0.39 is 0 Å². The molecule has 3 heteroatoms. The van der Waals surface area contributed by atoms with Crippen molar-refractivity contribution in [2.45, 2.75) is 31.3 Å². The molecule has 1 aromatic rings. The molecule has 1 saturated carbocycles. The lowest BCUT2D eigenvalue weighted by Crippen LogP contribution is -2.34. The van der Waals surface area contributed by atoms with Gasteiger partial charge in [0, 0.05) is 23.7 Å². The molecule has 1 saturated heterocycles. The molecule has 0 spiro atoms. The normalized spacial score (nSPS) is 26.1. The predicted molar refractivity (Wildman–Crippen MR) is 69.3 cm³/mol. The lowest BCUT2D eigenvalue weighted by Gasteiger charge is -2.22. The quantitative estimate of drug-likeness (QED) is 0.888. The Balaban J connectivity index is 1.72. The van der Waals surface area contributed by atoms with Crippen molar-refractivity contribution in [1.82, 2.24) is 5.32 Å². The maximum atomic E-state index is 5.94. The molecule has 2 nitrogen and oxygen atoms in total. The van der Waals surface area contributed by atoms with E-state index in [-0.39, 0.29) is 0 Å². The highest BCUT2D eigenvalue weighted by Gasteiger charge is 2.34. The Bertz CT molecular complexity index is 368. The maximum absolute atomic E-state index is 5.94. The molecule has 3 rings (SSSR count). The molecule has 2 unspecified atom stereocenters. The third kappa shape index (κ3) is 2.82. The molecule has 2 fully saturated rings. The summed E-state index contributed by atoms with van der Waals surface area (Å²) < 4.78 is 5.43. The van der Waals surface area contributed by atoms with Crippen LogP contribution in [0.3, 0.4) is 0 Å². The van der Waals surface area contributed by atoms with Gasteiger partial charge in [0.1, 0.15) is 0 Å². The van der Waals surface area contributed by atoms with Gasteiger partial charge in [-0.2, -0.15) is 0 Å². The first-order valence-corrected chi connectivity index (χ1v) is 6.80. The van der Waals surface area contributed by atoms with Crippen molar-refractivity contribution in [1.29, 1.82) is 0 Å². The summed E-state index contributed by atoms with van der Waals surface area (Å²) in [7, 11) is 0. The van der Waals surface area contributed by atoms with Crippen LogP contribution in [0.15, 0.2) is 24.3 Å². The second-order valence-corrected chi connectivity index (χ2v) is 5.53. The molecule has 17 heavy (non-hydrogen) atoms. The molecule has 2 aliphatic rings. The molecule has 1 N–H and O–H groups in total. The summed E-state index contributed by atoms with van der Waals surface area (Å²) in [6.45, 7) is 1.76. The van der Waals surface area contributed by atoms with Gasteiger partial charge in [-0.15, -0.1) is 0 Å². The molecule has 1 aliphatic heterocycles. The molecular weight excluding hydrogens is 234 g/mol. The Morgan fingerprint density at radius 3 is 2.53 bits per heavy atom. The Kier molecular flexibility index (Phi) is 3.37. The van der Waals surface area contributed by atoms with Crippen LogP contribution in [0.4, 0.5) is 0 Å². The van der Waals surface area contributed by atoms with Crippen LogP contribution in [0.2, 0.25) is 5.02 Å². The minimum atomic E-state index is 0.485. The summed E-state index contributed by atoms with van der Waals surface area (Å²) in [5, 5.41) is 4.56. The van der Waals surface area contributed by atoms with Crippen LogP contribution < -0.4 is 5.32 Å². The van der Waals surface area contributed by atoms with Crippen molar-refractivity contribution < 1.29 is 4.74 Å². The van der Waals surface area contributed by atoms with Gasteiger partial charge in [-0.05, 0) is 42.9 Å². The highest BCUT2D eigenvalue weighted by molar-refractivity contribution is 6.30. The van der Waals surface area contributed by atoms with Crippen LogP contribution in [0.1, 0.15) is 30.9 Å². The summed E-state index contributed by atoms with van der Waals surface area (Å²) in [6, 6.07) is 9.27. The second kappa shape index (κ2) is 4.97. The maximum Gasteiger partial charge on any atom is 0.0620 e. The van der Waals surface area contributed by atoms with E-state index >= 15 is 0 Å². The number of halogens is 1. The van der Waals surface area contributed by atoms with Crippen LogP contribution in [0.25, 0.3) is 0 Å². The van der Waals surface area contributed by atoms with E-state index in [4.69, 9.17) is 16.3 Å². The molecule has 0 aromatic heterocycles. The first-order valence-electron chi connectivity index (χ1n) is 6.42. The number of hydrogen-bond donors (Lipinski definition) is 1. The predicted octanol–water partition coefficient (Wildman–Crippen LogP) is 3.17. The lowest BCUT2D eigenvalue weighted by molar-refractivity contribution is 0.187. The van der Waals surface area contributed by atoms with Crippen LogP contribution in [-0.2, 0) is 4.74 Å². The van der Waals surface area contributed by atoms with Crippen molar-refractivity contribution in [2.75, 3.05) is 13.2 Å². The van der Waals surface area contributed by atoms with Gasteiger partial charge in [0.25, 0.3) is 0 Å². The SMILES string of the molecule is Clc1ccc(C(NC2CCOC2)C2CC2)cc1. The van der Waals surface area contributed by atoms with E-state index in [1.54, 1.807) is 0 Å². The summed E-state index contributed by atoms with van der Waals surface area (Å²) in [5.41, 5.74) is 1.36. The van der Waals surface area contributed by atoms with E-state index in [1.807, 2.05) is 12.1 Å². The average molecular weight is 252 g/mol. The van der Waals surface area contributed by atoms with Crippen LogP contribution in [-0.4, -0.2) is 19.3 Å². The number of benzene rings is 1. The third-order valence-electron chi connectivity index (χ3n) is 3.67. The van der Waals surface area contributed by atoms with Gasteiger partial charge in [-0.1, -0.05) is 23.7 Å². The summed E-state index contributed by atoms with van der Waals surface area (Å²) in [5.74, 6) is 0.803. The fourth-order valence-electron chi connectivity index (χ4n) is 2.52. The van der Waals surface area contributed by atoms with Gasteiger partial charge in [0.15, 0.2) is 0 Å². The molecule has 1 heterocycles. The highest BCUT2D eigenvalue weighted by atomic mass is 35.5. The van der Waals surface area contributed by atoms with Gasteiger partial charge < -0.3 is 10.1 Å². The Labute approximate surface area is 107 Å². The topological polar surface area (TPSA) is 21.3 Å². The van der Waals surface area contributed by atoms with Crippen molar-refractivity contribution in [3.63, 3.8) is 0 Å². The fourth-order valence-corrected chi connectivity index (χ4v) is 2.65. The molecule has 0 bridgehead atoms. The van der Waals surface area contributed by atoms with E-state index in [1.165, 1.54) is 18.4 Å². The van der Waals surface area contributed by atoms with Crippen LogP contribution >= 0.6 is 11.6 Å². The molecule has 0 radical (unpaired) electrons. The first kappa shape index (κ1) is 11.5. The van der Waals surface area contributed by atoms with Gasteiger partial charge in [-0.3, -0.25) is 0 Å². The zero-order chi connectivity index (χ0) is 11.7. The largest absolute Gasteiger partial charge is 0.380 e. The summed E-state index contributed by atoms with van der Waals surface area (Å²) in [6.07, 6.45) is 3.82. The minimum absolute atomic E-state index is 0.485. The van der Waals surface area contributed by atoms with Gasteiger partial charge >= 0.3 is 0 Å². The number of ether oxygens (including phenoxy) is 1. The monoisotopic (exact) mass is 251 g/mol. The van der Waals surface area contributed by atoms with Crippen molar-refractivity contribution >= 4 is 11.6 Å². The van der Waals surface area contributed by atoms with Crippen LogP contribution in [0, 0.1) is 5.92 Å². The number of nitrogens with one attached hydrogen (secondary N) is 1. The summed E-state index contributed by atoms with van der Waals surface area (Å²) >= 11 is 5.94. The highest BCUT2D eigenvalue weighted by Crippen LogP contribution is 2.41. The molecule has 1 aromatic carbocycles. The molecule has 1 aliphatic carbocycles. The zero-order valence-electron chi connectivity index (χ0n) is 9.86. The van der Waals surface area contributed by atoms with Gasteiger partial charge in [-0.25, -0.2) is 0 Å². The standard InChI is InChI=1S/C14H18ClNO/c15-12-5-3-11(4-6-12)14(10-1-2-10)16-13-7-8-17-9-13/h3-6,10,13-14,16H,1-2,7-9H2. The fraction of sp³-hybridized carbons (Fsp3) is 0.571. The Hall–Kier alpha value is -0.570. The van der Waals surface area contributed by atoms with E-state index in [0.29, 0.717) is 12.1 Å². The summed E-state index contributed by atoms with van der Waals surface area (Å²) in [4.78, 5) is 0. The van der Waals surface area contributed by atoms with Crippen molar-refractivity contribution in [3.05, 3.63) is 34.9 Å². The Morgan fingerprint density at radius 1 is 1.18 bits per heavy atom. The van der Waals surface area contributed by atoms with Crippen LogP contribution in [0.5, 0.6) is 0 Å². The van der Waals surface area contributed by atoms with E-state index in [0.717, 1.165) is 30.6 Å². The molecule has 2 atom stereocenters. The second-order valence-electron chi connectivity index (χ2n) is 5.09. The Morgan fingerprint density at radius 2 is 1.94 bits per heavy atom. The average Bonchev–Trinajstić information content (AvgIpc) is 3.05. The zero-order valence-corrected chi connectivity index (χ0v) is 10.6. The first-order chi connectivity index (χ1) is 8.33. The van der Waals surface area contributed by atoms with Gasteiger partial charge in [0.2, 0.25) is 0 Å². The number of rotatable bonds is 4. The van der Waals surface area contributed by atoms with Crippen molar-refractivity contribution in [3.8, 4) is 0 Å². The molecule has 92 valence electrons. The minimum Gasteiger partial charge on any atom is -0.380 e. The van der Waals surface area contributed by atoms with E-state index in [9.17, 15) is 0 Å². The van der Waals surface area contributed by atoms with Crippen molar-refractivity contribution in [2.24, 2.45) is 5.92 Å².